The summed E-state index contributed by atoms with van der Waals surface area (Å²) < 4.78 is 23.7. The van der Waals surface area contributed by atoms with Crippen molar-refractivity contribution < 1.29 is 23.2 Å². The van der Waals surface area contributed by atoms with Crippen LogP contribution in [0.3, 0.4) is 0 Å². The van der Waals surface area contributed by atoms with Gasteiger partial charge in [0.15, 0.2) is 5.82 Å². The summed E-state index contributed by atoms with van der Waals surface area (Å²) in [5.41, 5.74) is 0.835. The third kappa shape index (κ3) is 5.32. The van der Waals surface area contributed by atoms with E-state index in [1.807, 2.05) is 0 Å². The summed E-state index contributed by atoms with van der Waals surface area (Å²) in [6, 6.07) is 7.73. The highest BCUT2D eigenvalue weighted by Crippen LogP contribution is 2.23. The van der Waals surface area contributed by atoms with E-state index in [0.29, 0.717) is 31.3 Å². The molecule has 1 aliphatic rings. The number of nitrogens with zero attached hydrogens (tertiary/aromatic N) is 2. The van der Waals surface area contributed by atoms with Crippen molar-refractivity contribution >= 4 is 29.4 Å². The first-order valence-electron chi connectivity index (χ1n) is 8.93. The minimum Gasteiger partial charge on any atom is -0.370 e. The molecule has 2 unspecified atom stereocenters. The number of aromatic nitrogens is 1. The fourth-order valence-electron chi connectivity index (χ4n) is 2.77. The Labute approximate surface area is 166 Å². The number of hydrogen-bond acceptors (Lipinski definition) is 6. The first kappa shape index (κ1) is 20.3. The number of ether oxygens (including phenoxy) is 1. The first-order chi connectivity index (χ1) is 13.4. The van der Waals surface area contributed by atoms with Crippen LogP contribution < -0.4 is 5.32 Å². The highest BCUT2D eigenvalue weighted by Gasteiger charge is 2.26. The lowest BCUT2D eigenvalue weighted by Gasteiger charge is -2.33. The van der Waals surface area contributed by atoms with E-state index < -0.39 is 5.25 Å². The van der Waals surface area contributed by atoms with Crippen LogP contribution in [-0.4, -0.2) is 52.6 Å². The molecule has 0 saturated carbocycles. The van der Waals surface area contributed by atoms with Crippen LogP contribution in [0.4, 0.5) is 10.2 Å². The number of amides is 2. The molecule has 1 aliphatic heterocycles. The molecule has 2 amide bonds. The van der Waals surface area contributed by atoms with Crippen molar-refractivity contribution in [1.29, 1.82) is 0 Å². The monoisotopic (exact) mass is 407 g/mol. The molecular formula is C19H22FN3O4S. The smallest absolute Gasteiger partial charge is 0.238 e. The second-order valence-corrected chi connectivity index (χ2v) is 7.85. The van der Waals surface area contributed by atoms with Crippen LogP contribution in [0.1, 0.15) is 24.4 Å². The first-order valence-corrected chi connectivity index (χ1v) is 9.98. The molecule has 2 heterocycles. The van der Waals surface area contributed by atoms with Crippen molar-refractivity contribution in [2.24, 2.45) is 0 Å². The SMILES string of the molecule is Cc1cc(NC(=O)C(C)SCC(=O)N2CCOC(c3ccc(F)cc3)C2)no1. The van der Waals surface area contributed by atoms with Gasteiger partial charge < -0.3 is 19.5 Å². The van der Waals surface area contributed by atoms with Gasteiger partial charge in [0.05, 0.1) is 24.2 Å². The van der Waals surface area contributed by atoms with Gasteiger partial charge in [0.1, 0.15) is 17.7 Å². The maximum absolute atomic E-state index is 13.1. The van der Waals surface area contributed by atoms with Gasteiger partial charge in [0.2, 0.25) is 11.8 Å². The highest BCUT2D eigenvalue weighted by molar-refractivity contribution is 8.01. The Morgan fingerprint density at radius 3 is 2.82 bits per heavy atom. The fourth-order valence-corrected chi connectivity index (χ4v) is 3.56. The van der Waals surface area contributed by atoms with Crippen LogP contribution in [-0.2, 0) is 14.3 Å². The Kier molecular flexibility index (Phi) is 6.69. The summed E-state index contributed by atoms with van der Waals surface area (Å²) in [6.45, 7) is 4.79. The molecule has 1 fully saturated rings. The third-order valence-electron chi connectivity index (χ3n) is 4.37. The Morgan fingerprint density at radius 1 is 1.39 bits per heavy atom. The van der Waals surface area contributed by atoms with Gasteiger partial charge in [-0.2, -0.15) is 0 Å². The van der Waals surface area contributed by atoms with Gasteiger partial charge in [-0.15, -0.1) is 11.8 Å². The quantitative estimate of drug-likeness (QED) is 0.793. The van der Waals surface area contributed by atoms with Gasteiger partial charge in [-0.1, -0.05) is 17.3 Å². The largest absolute Gasteiger partial charge is 0.370 e. The van der Waals surface area contributed by atoms with E-state index in [-0.39, 0.29) is 29.5 Å². The molecule has 1 aromatic heterocycles. The molecule has 0 spiro atoms. The molecule has 0 aliphatic carbocycles. The lowest BCUT2D eigenvalue weighted by molar-refractivity contribution is -0.136. The van der Waals surface area contributed by atoms with Crippen LogP contribution in [0.5, 0.6) is 0 Å². The second kappa shape index (κ2) is 9.20. The van der Waals surface area contributed by atoms with Gasteiger partial charge in [-0.25, -0.2) is 4.39 Å². The Balaban J connectivity index is 1.48. The predicted octanol–water partition coefficient (Wildman–Crippen LogP) is 2.78. The van der Waals surface area contributed by atoms with Crippen LogP contribution in [0.15, 0.2) is 34.9 Å². The van der Waals surface area contributed by atoms with E-state index >= 15 is 0 Å². The van der Waals surface area contributed by atoms with Crippen molar-refractivity contribution in [1.82, 2.24) is 10.1 Å². The lowest BCUT2D eigenvalue weighted by Crippen LogP contribution is -2.43. The van der Waals surface area contributed by atoms with Gasteiger partial charge in [0.25, 0.3) is 0 Å². The predicted molar refractivity (Wildman–Crippen MR) is 103 cm³/mol. The second-order valence-electron chi connectivity index (χ2n) is 6.52. The molecule has 9 heteroatoms. The zero-order valence-electron chi connectivity index (χ0n) is 15.7. The van der Waals surface area contributed by atoms with Crippen molar-refractivity contribution in [3.63, 3.8) is 0 Å². The standard InChI is InChI=1S/C19H22FN3O4S/c1-12-9-17(22-27-12)21-19(25)13(2)28-11-18(24)23-7-8-26-16(10-23)14-3-5-15(20)6-4-14/h3-6,9,13,16H,7-8,10-11H2,1-2H3,(H,21,22,25). The number of nitrogens with one attached hydrogen (secondary N) is 1. The molecule has 150 valence electrons. The maximum atomic E-state index is 13.1. The van der Waals surface area contributed by atoms with Crippen LogP contribution >= 0.6 is 11.8 Å². The summed E-state index contributed by atoms with van der Waals surface area (Å²) in [6.07, 6.45) is -0.278. The van der Waals surface area contributed by atoms with Gasteiger partial charge >= 0.3 is 0 Å². The molecule has 1 aromatic carbocycles. The van der Waals surface area contributed by atoms with Gasteiger partial charge in [-0.3, -0.25) is 9.59 Å². The van der Waals surface area contributed by atoms with Crippen molar-refractivity contribution in [2.75, 3.05) is 30.8 Å². The van der Waals surface area contributed by atoms with E-state index in [2.05, 4.69) is 10.5 Å². The number of anilines is 1. The van der Waals surface area contributed by atoms with E-state index in [4.69, 9.17) is 9.26 Å². The number of carbonyl (C=O) groups is 2. The Hall–Kier alpha value is -2.39. The maximum Gasteiger partial charge on any atom is 0.238 e. The van der Waals surface area contributed by atoms with Crippen molar-refractivity contribution in [3.8, 4) is 0 Å². The molecule has 28 heavy (non-hydrogen) atoms. The molecule has 1 saturated heterocycles. The molecule has 3 rings (SSSR count). The van der Waals surface area contributed by atoms with Crippen molar-refractivity contribution in [2.45, 2.75) is 25.2 Å². The highest BCUT2D eigenvalue weighted by atomic mass is 32.2. The minimum atomic E-state index is -0.421. The van der Waals surface area contributed by atoms with E-state index in [9.17, 15) is 14.0 Å². The number of aryl methyl sites for hydroxylation is 1. The van der Waals surface area contributed by atoms with Crippen LogP contribution in [0, 0.1) is 12.7 Å². The minimum absolute atomic E-state index is 0.0580. The molecule has 2 aromatic rings. The molecule has 7 nitrogen and oxygen atoms in total. The number of hydrogen-bond donors (Lipinski definition) is 1. The summed E-state index contributed by atoms with van der Waals surface area (Å²) in [5, 5.41) is 5.96. The summed E-state index contributed by atoms with van der Waals surface area (Å²) >= 11 is 1.26. The van der Waals surface area contributed by atoms with Crippen LogP contribution in [0.2, 0.25) is 0 Å². The van der Waals surface area contributed by atoms with Gasteiger partial charge in [0, 0.05) is 12.6 Å². The van der Waals surface area contributed by atoms with Crippen LogP contribution in [0.25, 0.3) is 0 Å². The Morgan fingerprint density at radius 2 is 2.14 bits per heavy atom. The zero-order valence-corrected chi connectivity index (χ0v) is 16.5. The summed E-state index contributed by atoms with van der Waals surface area (Å²) in [5.74, 6) is 0.541. The zero-order chi connectivity index (χ0) is 20.1. The molecule has 0 bridgehead atoms. The molecule has 1 N–H and O–H groups in total. The number of benzene rings is 1. The average molecular weight is 407 g/mol. The molecule has 2 atom stereocenters. The molecule has 0 radical (unpaired) electrons. The lowest BCUT2D eigenvalue weighted by atomic mass is 10.1. The van der Waals surface area contributed by atoms with E-state index in [1.54, 1.807) is 36.9 Å². The summed E-state index contributed by atoms with van der Waals surface area (Å²) in [7, 11) is 0. The fraction of sp³-hybridized carbons (Fsp3) is 0.421. The number of halogens is 1. The third-order valence-corrected chi connectivity index (χ3v) is 5.49. The topological polar surface area (TPSA) is 84.7 Å². The average Bonchev–Trinajstić information content (AvgIpc) is 3.11. The summed E-state index contributed by atoms with van der Waals surface area (Å²) in [4.78, 5) is 26.5. The number of morpholine rings is 1. The number of carbonyl (C=O) groups excluding carboxylic acids is 2. The normalized spacial score (nSPS) is 18.0. The number of rotatable bonds is 6. The van der Waals surface area contributed by atoms with E-state index in [1.165, 1.54) is 23.9 Å². The number of thioether (sulfide) groups is 1. The van der Waals surface area contributed by atoms with E-state index in [0.717, 1.165) is 5.56 Å². The molecular weight excluding hydrogens is 385 g/mol. The van der Waals surface area contributed by atoms with Gasteiger partial charge in [-0.05, 0) is 31.5 Å². The Bertz CT molecular complexity index is 827. The van der Waals surface area contributed by atoms with Crippen molar-refractivity contribution in [3.05, 3.63) is 47.5 Å².